The van der Waals surface area contributed by atoms with E-state index in [9.17, 15) is 14.0 Å². The van der Waals surface area contributed by atoms with Crippen LogP contribution in [0.25, 0.3) is 20.9 Å². The van der Waals surface area contributed by atoms with E-state index >= 15 is 0 Å². The molecule has 0 bridgehead atoms. The van der Waals surface area contributed by atoms with Crippen molar-refractivity contribution in [3.05, 3.63) is 85.1 Å². The van der Waals surface area contributed by atoms with Gasteiger partial charge < -0.3 is 19.9 Å². The molecule has 1 atom stereocenters. The van der Waals surface area contributed by atoms with Crippen LogP contribution in [0.5, 0.6) is 11.5 Å². The molecule has 3 aromatic heterocycles. The molecular formula is C27H22FN5O3S. The van der Waals surface area contributed by atoms with Crippen LogP contribution in [-0.2, 0) is 16.6 Å². The Bertz CT molecular complexity index is 1600. The largest absolute Gasteiger partial charge is 0.453 e. The lowest BCUT2D eigenvalue weighted by atomic mass is 10.1. The molecule has 0 aliphatic rings. The van der Waals surface area contributed by atoms with E-state index < -0.39 is 23.5 Å². The van der Waals surface area contributed by atoms with E-state index in [1.165, 1.54) is 30.4 Å². The topological polar surface area (TPSA) is 98.1 Å². The molecule has 10 heteroatoms. The molecule has 1 unspecified atom stereocenters. The molecule has 5 aromatic rings. The van der Waals surface area contributed by atoms with Crippen LogP contribution in [0, 0.1) is 11.7 Å². The highest BCUT2D eigenvalue weighted by atomic mass is 32.1. The Balaban J connectivity index is 1.29. The van der Waals surface area contributed by atoms with Crippen molar-refractivity contribution in [2.24, 2.45) is 13.0 Å². The number of imidazole rings is 1. The van der Waals surface area contributed by atoms with Gasteiger partial charge in [-0.25, -0.2) is 9.37 Å². The molecule has 186 valence electrons. The van der Waals surface area contributed by atoms with E-state index in [-0.39, 0.29) is 11.4 Å². The summed E-state index contributed by atoms with van der Waals surface area (Å²) in [5.74, 6) is -1.43. The average Bonchev–Trinajstić information content (AvgIpc) is 3.52. The number of thiophene rings is 1. The van der Waals surface area contributed by atoms with Crippen LogP contribution in [-0.4, -0.2) is 26.3 Å². The summed E-state index contributed by atoms with van der Waals surface area (Å²) in [5, 5.41) is 5.26. The highest BCUT2D eigenvalue weighted by Gasteiger charge is 2.22. The van der Waals surface area contributed by atoms with Gasteiger partial charge in [0.05, 0.1) is 15.1 Å². The van der Waals surface area contributed by atoms with Crippen molar-refractivity contribution in [1.29, 1.82) is 0 Å². The molecule has 8 nitrogen and oxygen atoms in total. The number of aryl methyl sites for hydroxylation is 1. The van der Waals surface area contributed by atoms with Crippen molar-refractivity contribution in [3.8, 4) is 22.2 Å². The molecule has 2 N–H and O–H groups in total. The summed E-state index contributed by atoms with van der Waals surface area (Å²) in [6.07, 6.45) is 5.18. The van der Waals surface area contributed by atoms with Crippen molar-refractivity contribution >= 4 is 44.7 Å². The van der Waals surface area contributed by atoms with Crippen molar-refractivity contribution in [3.63, 3.8) is 0 Å². The minimum Gasteiger partial charge on any atom is -0.453 e. The minimum atomic E-state index is -0.990. The van der Waals surface area contributed by atoms with Gasteiger partial charge in [-0.05, 0) is 37.3 Å². The Kier molecular flexibility index (Phi) is 6.65. The SMILES string of the molecule is CC(C(=O)Nc1ccccc1)C(=O)Nc1ccc(Oc2ccnc3cc(-c4nccn4C)sc23)c(F)c1. The summed E-state index contributed by atoms with van der Waals surface area (Å²) in [6, 6.07) is 16.5. The molecule has 0 radical (unpaired) electrons. The Labute approximate surface area is 215 Å². The zero-order chi connectivity index (χ0) is 25.9. The number of ether oxygens (including phenoxy) is 1. The van der Waals surface area contributed by atoms with Gasteiger partial charge in [0.1, 0.15) is 17.5 Å². The molecule has 0 saturated carbocycles. The average molecular weight is 516 g/mol. The fraction of sp³-hybridized carbons (Fsp3) is 0.111. The summed E-state index contributed by atoms with van der Waals surface area (Å²) in [6.45, 7) is 1.48. The zero-order valence-corrected chi connectivity index (χ0v) is 20.8. The summed E-state index contributed by atoms with van der Waals surface area (Å²) in [4.78, 5) is 34.6. The molecule has 0 aliphatic heterocycles. The predicted molar refractivity (Wildman–Crippen MR) is 141 cm³/mol. The highest BCUT2D eigenvalue weighted by Crippen LogP contribution is 2.39. The van der Waals surface area contributed by atoms with Gasteiger partial charge in [0.25, 0.3) is 0 Å². The van der Waals surface area contributed by atoms with Crippen molar-refractivity contribution in [2.75, 3.05) is 10.6 Å². The number of amides is 2. The van der Waals surface area contributed by atoms with E-state index in [1.807, 2.05) is 29.9 Å². The Morgan fingerprint density at radius 2 is 1.70 bits per heavy atom. The Hall–Kier alpha value is -4.57. The zero-order valence-electron chi connectivity index (χ0n) is 19.9. The van der Waals surface area contributed by atoms with Crippen LogP contribution in [0.2, 0.25) is 0 Å². The molecule has 5 rings (SSSR count). The van der Waals surface area contributed by atoms with Gasteiger partial charge in [-0.1, -0.05) is 18.2 Å². The maximum absolute atomic E-state index is 14.9. The normalized spacial score (nSPS) is 11.8. The maximum Gasteiger partial charge on any atom is 0.236 e. The molecule has 2 aromatic carbocycles. The Morgan fingerprint density at radius 3 is 2.41 bits per heavy atom. The van der Waals surface area contributed by atoms with Gasteiger partial charge in [0.15, 0.2) is 11.6 Å². The number of nitrogens with one attached hydrogen (secondary N) is 2. The van der Waals surface area contributed by atoms with Crippen molar-refractivity contribution < 1.29 is 18.7 Å². The van der Waals surface area contributed by atoms with Crippen molar-refractivity contribution in [2.45, 2.75) is 6.92 Å². The number of halogens is 1. The summed E-state index contributed by atoms with van der Waals surface area (Å²) >= 11 is 1.45. The maximum atomic E-state index is 14.9. The number of hydrogen-bond donors (Lipinski definition) is 2. The van der Waals surface area contributed by atoms with Gasteiger partial charge in [-0.3, -0.25) is 14.6 Å². The number of carbonyl (C=O) groups is 2. The summed E-state index contributed by atoms with van der Waals surface area (Å²) in [5.41, 5.74) is 1.51. The molecule has 3 heterocycles. The summed E-state index contributed by atoms with van der Waals surface area (Å²) in [7, 11) is 1.91. The second-order valence-corrected chi connectivity index (χ2v) is 9.36. The number of nitrogens with zero attached hydrogens (tertiary/aromatic N) is 3. The Morgan fingerprint density at radius 1 is 0.946 bits per heavy atom. The van der Waals surface area contributed by atoms with Gasteiger partial charge >= 0.3 is 0 Å². The van der Waals surface area contributed by atoms with E-state index in [1.54, 1.807) is 42.7 Å². The lowest BCUT2D eigenvalue weighted by Gasteiger charge is -2.14. The second-order valence-electron chi connectivity index (χ2n) is 8.31. The third kappa shape index (κ3) is 5.19. The number of anilines is 2. The van der Waals surface area contributed by atoms with Gasteiger partial charge in [-0.15, -0.1) is 11.3 Å². The van der Waals surface area contributed by atoms with Crippen LogP contribution in [0.15, 0.2) is 79.3 Å². The lowest BCUT2D eigenvalue weighted by Crippen LogP contribution is -2.31. The minimum absolute atomic E-state index is 0.00712. The van der Waals surface area contributed by atoms with Gasteiger partial charge in [0, 0.05) is 49.1 Å². The third-order valence-corrected chi connectivity index (χ3v) is 6.80. The second kappa shape index (κ2) is 10.2. The highest BCUT2D eigenvalue weighted by molar-refractivity contribution is 7.22. The molecule has 37 heavy (non-hydrogen) atoms. The van der Waals surface area contributed by atoms with E-state index in [0.29, 0.717) is 17.0 Å². The number of aromatic nitrogens is 3. The molecule has 0 saturated heterocycles. The molecule has 0 fully saturated rings. The number of hydrogen-bond acceptors (Lipinski definition) is 6. The van der Waals surface area contributed by atoms with Crippen LogP contribution in [0.1, 0.15) is 6.92 Å². The quantitative estimate of drug-likeness (QED) is 0.265. The summed E-state index contributed by atoms with van der Waals surface area (Å²) < 4.78 is 23.5. The van der Waals surface area contributed by atoms with Gasteiger partial charge in [0.2, 0.25) is 11.8 Å². The third-order valence-electron chi connectivity index (χ3n) is 5.66. The monoisotopic (exact) mass is 515 g/mol. The van der Waals surface area contributed by atoms with Crippen LogP contribution in [0.4, 0.5) is 15.8 Å². The van der Waals surface area contributed by atoms with E-state index in [0.717, 1.165) is 21.5 Å². The number of fused-ring (bicyclic) bond motifs is 1. The molecule has 0 spiro atoms. The first-order chi connectivity index (χ1) is 17.9. The van der Waals surface area contributed by atoms with E-state index in [2.05, 4.69) is 20.6 Å². The van der Waals surface area contributed by atoms with Gasteiger partial charge in [-0.2, -0.15) is 0 Å². The first kappa shape index (κ1) is 24.1. The fourth-order valence-electron chi connectivity index (χ4n) is 3.63. The fourth-order valence-corrected chi connectivity index (χ4v) is 4.73. The molecule has 2 amide bonds. The molecular weight excluding hydrogens is 493 g/mol. The first-order valence-electron chi connectivity index (χ1n) is 11.4. The molecule has 0 aliphatic carbocycles. The number of benzene rings is 2. The number of pyridine rings is 1. The van der Waals surface area contributed by atoms with Crippen molar-refractivity contribution in [1.82, 2.24) is 14.5 Å². The number of rotatable bonds is 7. The number of carbonyl (C=O) groups excluding carboxylic acids is 2. The first-order valence-corrected chi connectivity index (χ1v) is 12.2. The number of para-hydroxylation sites is 1. The lowest BCUT2D eigenvalue weighted by molar-refractivity contribution is -0.128. The standard InChI is InChI=1S/C27H22FN5O3S/c1-16(26(34)31-17-6-4-3-5-7-17)27(35)32-18-8-9-21(19(28)14-18)36-22-10-11-29-20-15-23(37-24(20)22)25-30-12-13-33(25)2/h3-16H,1-2H3,(H,31,34)(H,32,35). The van der Waals surface area contributed by atoms with Crippen LogP contribution >= 0.6 is 11.3 Å². The predicted octanol–water partition coefficient (Wildman–Crippen LogP) is 5.84. The van der Waals surface area contributed by atoms with Crippen LogP contribution in [0.3, 0.4) is 0 Å². The van der Waals surface area contributed by atoms with E-state index in [4.69, 9.17) is 4.74 Å². The van der Waals surface area contributed by atoms with Crippen LogP contribution < -0.4 is 15.4 Å². The smallest absolute Gasteiger partial charge is 0.236 e.